The highest BCUT2D eigenvalue weighted by Crippen LogP contribution is 2.27. The van der Waals surface area contributed by atoms with Crippen molar-refractivity contribution in [3.05, 3.63) is 70.1 Å². The van der Waals surface area contributed by atoms with Gasteiger partial charge in [0.1, 0.15) is 0 Å². The third-order valence-electron chi connectivity index (χ3n) is 6.53. The first-order valence-electron chi connectivity index (χ1n) is 12.0. The lowest BCUT2D eigenvalue weighted by Gasteiger charge is -2.33. The van der Waals surface area contributed by atoms with Crippen LogP contribution in [0, 0.1) is 25.7 Å². The molecule has 1 saturated heterocycles. The Hall–Kier alpha value is -2.70. The van der Waals surface area contributed by atoms with Crippen molar-refractivity contribution >= 4 is 17.5 Å². The molecule has 1 amide bonds. The van der Waals surface area contributed by atoms with Crippen LogP contribution >= 0.6 is 11.6 Å². The Morgan fingerprint density at radius 1 is 1.21 bits per heavy atom. The van der Waals surface area contributed by atoms with Gasteiger partial charge in [-0.25, -0.2) is 0 Å². The molecular formula is C27H33ClN4O2. The number of benzene rings is 2. The summed E-state index contributed by atoms with van der Waals surface area (Å²) in [4.78, 5) is 20.0. The molecule has 0 radical (unpaired) electrons. The maximum absolute atomic E-state index is 13.3. The summed E-state index contributed by atoms with van der Waals surface area (Å²) in [5.41, 5.74) is 4.51. The van der Waals surface area contributed by atoms with Gasteiger partial charge in [0.2, 0.25) is 17.6 Å². The van der Waals surface area contributed by atoms with E-state index >= 15 is 0 Å². The molecule has 7 heteroatoms. The SMILES string of the molecule is Cc1ccc(C(NC(=O)C2CCCN(Cc3nc(-c4ccc(Cl)cc4)no3)C2)C(C)C)c(C)c1. The Kier molecular flexibility index (Phi) is 7.69. The number of piperidine rings is 1. The first-order valence-corrected chi connectivity index (χ1v) is 12.4. The molecule has 0 spiro atoms. The molecular weight excluding hydrogens is 448 g/mol. The van der Waals surface area contributed by atoms with Crippen LogP contribution in [0.2, 0.25) is 5.02 Å². The lowest BCUT2D eigenvalue weighted by Crippen LogP contribution is -2.44. The Balaban J connectivity index is 1.39. The number of hydrogen-bond donors (Lipinski definition) is 1. The van der Waals surface area contributed by atoms with Gasteiger partial charge < -0.3 is 9.84 Å². The number of aromatic nitrogens is 2. The molecule has 2 atom stereocenters. The van der Waals surface area contributed by atoms with Gasteiger partial charge in [-0.3, -0.25) is 9.69 Å². The molecule has 0 saturated carbocycles. The third kappa shape index (κ3) is 5.86. The number of hydrogen-bond acceptors (Lipinski definition) is 5. The average molecular weight is 481 g/mol. The van der Waals surface area contributed by atoms with Gasteiger partial charge >= 0.3 is 0 Å². The Morgan fingerprint density at radius 3 is 2.68 bits per heavy atom. The van der Waals surface area contributed by atoms with Gasteiger partial charge in [-0.15, -0.1) is 0 Å². The standard InChI is InChI=1S/C27H33ClN4O2/c1-17(2)25(23-12-7-18(3)14-19(23)4)30-27(33)21-6-5-13-32(15-21)16-24-29-26(31-34-24)20-8-10-22(28)11-9-20/h7-12,14,17,21,25H,5-6,13,15-16H2,1-4H3,(H,30,33). The van der Waals surface area contributed by atoms with Crippen LogP contribution < -0.4 is 5.32 Å². The molecule has 3 aromatic rings. The summed E-state index contributed by atoms with van der Waals surface area (Å²) in [6, 6.07) is 13.8. The summed E-state index contributed by atoms with van der Waals surface area (Å²) in [6.07, 6.45) is 1.85. The molecule has 180 valence electrons. The molecule has 2 aromatic carbocycles. The summed E-state index contributed by atoms with van der Waals surface area (Å²) in [6.45, 7) is 10.7. The van der Waals surface area contributed by atoms with Crippen molar-refractivity contribution in [2.75, 3.05) is 13.1 Å². The molecule has 1 N–H and O–H groups in total. The van der Waals surface area contributed by atoms with E-state index in [1.807, 2.05) is 24.3 Å². The van der Waals surface area contributed by atoms with E-state index in [-0.39, 0.29) is 17.9 Å². The number of nitrogens with zero attached hydrogens (tertiary/aromatic N) is 3. The van der Waals surface area contributed by atoms with Crippen molar-refractivity contribution in [3.63, 3.8) is 0 Å². The number of amides is 1. The Morgan fingerprint density at radius 2 is 1.97 bits per heavy atom. The topological polar surface area (TPSA) is 71.3 Å². The molecule has 4 rings (SSSR count). The minimum Gasteiger partial charge on any atom is -0.349 e. The molecule has 0 bridgehead atoms. The number of carbonyl (C=O) groups is 1. The first-order chi connectivity index (χ1) is 16.3. The van der Waals surface area contributed by atoms with E-state index in [1.165, 1.54) is 16.7 Å². The number of nitrogens with one attached hydrogen (secondary N) is 1. The van der Waals surface area contributed by atoms with E-state index in [1.54, 1.807) is 0 Å². The second kappa shape index (κ2) is 10.7. The zero-order valence-corrected chi connectivity index (χ0v) is 21.1. The number of likely N-dealkylation sites (tertiary alicyclic amines) is 1. The van der Waals surface area contributed by atoms with Crippen molar-refractivity contribution < 1.29 is 9.32 Å². The summed E-state index contributed by atoms with van der Waals surface area (Å²) in [7, 11) is 0. The average Bonchev–Trinajstić information content (AvgIpc) is 3.26. The van der Waals surface area contributed by atoms with Crippen LogP contribution in [-0.4, -0.2) is 34.0 Å². The minimum atomic E-state index is -0.0561. The molecule has 1 aliphatic heterocycles. The van der Waals surface area contributed by atoms with Gasteiger partial charge in [0, 0.05) is 17.1 Å². The number of carbonyl (C=O) groups excluding carboxylic acids is 1. The highest BCUT2D eigenvalue weighted by molar-refractivity contribution is 6.30. The van der Waals surface area contributed by atoms with Crippen molar-refractivity contribution in [2.24, 2.45) is 11.8 Å². The van der Waals surface area contributed by atoms with Crippen molar-refractivity contribution in [2.45, 2.75) is 53.1 Å². The first kappa shape index (κ1) is 24.4. The fourth-order valence-electron chi connectivity index (χ4n) is 4.69. The Labute approximate surface area is 206 Å². The number of aryl methyl sites for hydroxylation is 2. The molecule has 34 heavy (non-hydrogen) atoms. The van der Waals surface area contributed by atoms with Crippen molar-refractivity contribution in [1.29, 1.82) is 0 Å². The predicted octanol–water partition coefficient (Wildman–Crippen LogP) is 5.73. The normalized spacial score (nSPS) is 17.6. The molecule has 2 heterocycles. The molecule has 1 aliphatic rings. The molecule has 2 unspecified atom stereocenters. The largest absolute Gasteiger partial charge is 0.349 e. The van der Waals surface area contributed by atoms with Crippen LogP contribution in [0.3, 0.4) is 0 Å². The summed E-state index contributed by atoms with van der Waals surface area (Å²) >= 11 is 5.97. The van der Waals surface area contributed by atoms with Gasteiger partial charge in [-0.1, -0.05) is 54.4 Å². The lowest BCUT2D eigenvalue weighted by molar-refractivity contribution is -0.128. The van der Waals surface area contributed by atoms with E-state index in [0.717, 1.165) is 24.9 Å². The van der Waals surface area contributed by atoms with Gasteiger partial charge in [-0.05, 0) is 74.5 Å². The summed E-state index contributed by atoms with van der Waals surface area (Å²) in [5.74, 6) is 1.47. The van der Waals surface area contributed by atoms with Crippen molar-refractivity contribution in [3.8, 4) is 11.4 Å². The zero-order valence-electron chi connectivity index (χ0n) is 20.3. The number of rotatable bonds is 7. The van der Waals surface area contributed by atoms with E-state index in [9.17, 15) is 4.79 Å². The van der Waals surface area contributed by atoms with Crippen LogP contribution in [-0.2, 0) is 11.3 Å². The quantitative estimate of drug-likeness (QED) is 0.467. The molecule has 6 nitrogen and oxygen atoms in total. The van der Waals surface area contributed by atoms with Crippen LogP contribution in [0.4, 0.5) is 0 Å². The maximum atomic E-state index is 13.3. The van der Waals surface area contributed by atoms with E-state index in [4.69, 9.17) is 16.1 Å². The maximum Gasteiger partial charge on any atom is 0.241 e. The highest BCUT2D eigenvalue weighted by atomic mass is 35.5. The van der Waals surface area contributed by atoms with Crippen LogP contribution in [0.15, 0.2) is 47.0 Å². The van der Waals surface area contributed by atoms with E-state index < -0.39 is 0 Å². The minimum absolute atomic E-state index is 0.00125. The fourth-order valence-corrected chi connectivity index (χ4v) is 4.81. The zero-order chi connectivity index (χ0) is 24.2. The second-order valence-electron chi connectivity index (χ2n) is 9.68. The van der Waals surface area contributed by atoms with Gasteiger partial charge in [-0.2, -0.15) is 4.98 Å². The predicted molar refractivity (Wildman–Crippen MR) is 134 cm³/mol. The Bertz CT molecular complexity index is 1130. The van der Waals surface area contributed by atoms with Gasteiger partial charge in [0.25, 0.3) is 0 Å². The second-order valence-corrected chi connectivity index (χ2v) is 10.1. The lowest BCUT2D eigenvalue weighted by atomic mass is 9.90. The van der Waals surface area contributed by atoms with Crippen LogP contribution in [0.25, 0.3) is 11.4 Å². The summed E-state index contributed by atoms with van der Waals surface area (Å²) in [5, 5.41) is 8.13. The van der Waals surface area contributed by atoms with Crippen LogP contribution in [0.5, 0.6) is 0 Å². The number of halogens is 1. The van der Waals surface area contributed by atoms with Gasteiger partial charge in [0.15, 0.2) is 0 Å². The smallest absolute Gasteiger partial charge is 0.241 e. The monoisotopic (exact) mass is 480 g/mol. The fraction of sp³-hybridized carbons (Fsp3) is 0.444. The molecule has 1 aromatic heterocycles. The van der Waals surface area contributed by atoms with E-state index in [2.05, 4.69) is 66.3 Å². The molecule has 1 fully saturated rings. The highest BCUT2D eigenvalue weighted by Gasteiger charge is 2.29. The third-order valence-corrected chi connectivity index (χ3v) is 6.78. The van der Waals surface area contributed by atoms with Crippen LogP contribution in [0.1, 0.15) is 55.3 Å². The van der Waals surface area contributed by atoms with Crippen molar-refractivity contribution in [1.82, 2.24) is 20.4 Å². The van der Waals surface area contributed by atoms with Gasteiger partial charge in [0.05, 0.1) is 18.5 Å². The molecule has 0 aliphatic carbocycles. The van der Waals surface area contributed by atoms with E-state index in [0.29, 0.717) is 35.7 Å². The summed E-state index contributed by atoms with van der Waals surface area (Å²) < 4.78 is 5.49.